The fourth-order valence-corrected chi connectivity index (χ4v) is 3.66. The molecule has 0 amide bonds. The molecule has 2 aromatic rings. The van der Waals surface area contributed by atoms with E-state index in [4.69, 9.17) is 4.74 Å². The van der Waals surface area contributed by atoms with Gasteiger partial charge in [-0.1, -0.05) is 44.4 Å². The first-order chi connectivity index (χ1) is 14.0. The van der Waals surface area contributed by atoms with Gasteiger partial charge in [-0.25, -0.2) is 0 Å². The van der Waals surface area contributed by atoms with Gasteiger partial charge in [-0.2, -0.15) is 0 Å². The van der Waals surface area contributed by atoms with E-state index in [1.54, 1.807) is 0 Å². The number of ether oxygens (including phenoxy) is 1. The zero-order valence-corrected chi connectivity index (χ0v) is 17.8. The lowest BCUT2D eigenvalue weighted by molar-refractivity contribution is 0.214. The Morgan fingerprint density at radius 1 is 1.34 bits per heavy atom. The van der Waals surface area contributed by atoms with Crippen LogP contribution in [0.1, 0.15) is 45.1 Å². The lowest BCUT2D eigenvalue weighted by atomic mass is 10.0. The predicted molar refractivity (Wildman–Crippen MR) is 123 cm³/mol. The van der Waals surface area contributed by atoms with Gasteiger partial charge in [-0.3, -0.25) is 4.98 Å². The third kappa shape index (κ3) is 5.38. The van der Waals surface area contributed by atoms with E-state index in [9.17, 15) is 0 Å². The van der Waals surface area contributed by atoms with Crippen LogP contribution in [0.15, 0.2) is 84.9 Å². The Kier molecular flexibility index (Phi) is 6.92. The molecule has 1 fully saturated rings. The van der Waals surface area contributed by atoms with Gasteiger partial charge >= 0.3 is 0 Å². The molecule has 1 N–H and O–H groups in total. The van der Waals surface area contributed by atoms with Crippen LogP contribution in [-0.4, -0.2) is 17.6 Å². The maximum Gasteiger partial charge on any atom is 0.0928 e. The second kappa shape index (κ2) is 9.60. The van der Waals surface area contributed by atoms with Crippen LogP contribution in [0.2, 0.25) is 0 Å². The minimum absolute atomic E-state index is 0.150. The van der Waals surface area contributed by atoms with Crippen LogP contribution in [0.25, 0.3) is 10.9 Å². The van der Waals surface area contributed by atoms with Gasteiger partial charge in [0.25, 0.3) is 0 Å². The van der Waals surface area contributed by atoms with Crippen molar-refractivity contribution in [3.8, 4) is 0 Å². The van der Waals surface area contributed by atoms with Gasteiger partial charge in [-0.15, -0.1) is 0 Å². The summed E-state index contributed by atoms with van der Waals surface area (Å²) in [6, 6.07) is 10.9. The highest BCUT2D eigenvalue weighted by molar-refractivity contribution is 5.79. The maximum absolute atomic E-state index is 5.63. The van der Waals surface area contributed by atoms with Crippen molar-refractivity contribution in [1.29, 1.82) is 0 Å². The predicted octanol–water partition coefficient (Wildman–Crippen LogP) is 6.27. The van der Waals surface area contributed by atoms with E-state index in [2.05, 4.69) is 67.6 Å². The van der Waals surface area contributed by atoms with E-state index in [1.165, 1.54) is 10.9 Å². The van der Waals surface area contributed by atoms with Crippen molar-refractivity contribution >= 4 is 10.9 Å². The van der Waals surface area contributed by atoms with E-state index in [1.807, 2.05) is 31.3 Å². The molecule has 1 aromatic carbocycles. The normalized spacial score (nSPS) is 20.2. The summed E-state index contributed by atoms with van der Waals surface area (Å²) in [7, 11) is 0. The number of nitrogens with zero attached hydrogens (tertiary/aromatic N) is 1. The highest BCUT2D eigenvalue weighted by Gasteiger charge is 2.40. The van der Waals surface area contributed by atoms with E-state index < -0.39 is 0 Å². The van der Waals surface area contributed by atoms with E-state index in [0.29, 0.717) is 11.8 Å². The van der Waals surface area contributed by atoms with Crippen molar-refractivity contribution in [2.45, 2.75) is 45.6 Å². The largest absolute Gasteiger partial charge is 0.498 e. The van der Waals surface area contributed by atoms with Gasteiger partial charge in [0.1, 0.15) is 0 Å². The van der Waals surface area contributed by atoms with Crippen LogP contribution in [0, 0.1) is 5.92 Å². The molecule has 3 nitrogen and oxygen atoms in total. The van der Waals surface area contributed by atoms with Crippen molar-refractivity contribution in [3.63, 3.8) is 0 Å². The zero-order chi connectivity index (χ0) is 20.8. The maximum atomic E-state index is 5.63. The second-order valence-electron chi connectivity index (χ2n) is 7.79. The molecule has 1 aliphatic rings. The average molecular weight is 389 g/mol. The highest BCUT2D eigenvalue weighted by Crippen LogP contribution is 2.51. The summed E-state index contributed by atoms with van der Waals surface area (Å²) >= 11 is 0. The van der Waals surface area contributed by atoms with Gasteiger partial charge in [-0.05, 0) is 68.0 Å². The van der Waals surface area contributed by atoms with E-state index in [-0.39, 0.29) is 6.04 Å². The van der Waals surface area contributed by atoms with Crippen molar-refractivity contribution in [2.75, 3.05) is 6.61 Å². The number of hydrogen-bond acceptors (Lipinski definition) is 3. The number of aromatic nitrogens is 1. The molecule has 29 heavy (non-hydrogen) atoms. The third-order valence-electron chi connectivity index (χ3n) is 5.48. The van der Waals surface area contributed by atoms with Crippen molar-refractivity contribution in [3.05, 3.63) is 90.5 Å². The van der Waals surface area contributed by atoms with Gasteiger partial charge in [0, 0.05) is 29.2 Å². The number of hydrogen-bond donors (Lipinski definition) is 1. The molecule has 0 saturated heterocycles. The topological polar surface area (TPSA) is 34.1 Å². The number of nitrogens with one attached hydrogen (secondary N) is 1. The molecule has 152 valence electrons. The van der Waals surface area contributed by atoms with E-state index >= 15 is 0 Å². The Morgan fingerprint density at radius 2 is 2.17 bits per heavy atom. The molecule has 0 aliphatic heterocycles. The number of fused-ring (bicyclic) bond motifs is 1. The van der Waals surface area contributed by atoms with Crippen LogP contribution in [0.5, 0.6) is 0 Å². The molecular formula is C26H32N2O. The van der Waals surface area contributed by atoms with Gasteiger partial charge in [0.05, 0.1) is 17.9 Å². The molecule has 1 heterocycles. The SMILES string of the molecule is C=C/C(=C\C=C(/C)OCCC)C(C)NC(=C)C1CC1c1ccc2ncccc2c1. The van der Waals surface area contributed by atoms with Gasteiger partial charge in [0.15, 0.2) is 0 Å². The van der Waals surface area contributed by atoms with Crippen LogP contribution in [-0.2, 0) is 4.74 Å². The monoisotopic (exact) mass is 388 g/mol. The van der Waals surface area contributed by atoms with Crippen LogP contribution < -0.4 is 5.32 Å². The quantitative estimate of drug-likeness (QED) is 0.384. The molecule has 0 radical (unpaired) electrons. The molecule has 3 heteroatoms. The molecule has 3 unspecified atom stereocenters. The fourth-order valence-electron chi connectivity index (χ4n) is 3.66. The lowest BCUT2D eigenvalue weighted by Crippen LogP contribution is -2.27. The summed E-state index contributed by atoms with van der Waals surface area (Å²) in [6.07, 6.45) is 9.97. The summed E-state index contributed by atoms with van der Waals surface area (Å²) < 4.78 is 5.63. The summed E-state index contributed by atoms with van der Waals surface area (Å²) in [4.78, 5) is 4.41. The Hall–Kier alpha value is -2.81. The standard InChI is InChI=1S/C26H32N2O/c1-6-15-29-18(3)10-11-21(7-2)19(4)28-20(5)24-17-25(24)22-12-13-26-23(16-22)9-8-14-27-26/h7-14,16,19,24-25,28H,2,5-6,15,17H2,1,3-4H3/b18-10+,21-11+. The van der Waals surface area contributed by atoms with Crippen LogP contribution in [0.3, 0.4) is 0 Å². The second-order valence-corrected chi connectivity index (χ2v) is 7.79. The number of benzene rings is 1. The molecule has 3 atom stereocenters. The molecule has 1 aliphatic carbocycles. The molecule has 0 bridgehead atoms. The van der Waals surface area contributed by atoms with Crippen molar-refractivity contribution in [2.24, 2.45) is 5.92 Å². The van der Waals surface area contributed by atoms with Crippen molar-refractivity contribution < 1.29 is 4.74 Å². The molecule has 1 aromatic heterocycles. The van der Waals surface area contributed by atoms with E-state index in [0.717, 1.165) is 42.0 Å². The third-order valence-corrected chi connectivity index (χ3v) is 5.48. The number of pyridine rings is 1. The lowest BCUT2D eigenvalue weighted by Gasteiger charge is -2.18. The number of allylic oxidation sites excluding steroid dienone is 4. The first-order valence-electron chi connectivity index (χ1n) is 10.5. The number of rotatable bonds is 10. The summed E-state index contributed by atoms with van der Waals surface area (Å²) in [6.45, 7) is 15.3. The van der Waals surface area contributed by atoms with Gasteiger partial charge < -0.3 is 10.1 Å². The Bertz CT molecular complexity index is 941. The minimum Gasteiger partial charge on any atom is -0.498 e. The molecule has 0 spiro atoms. The average Bonchev–Trinajstić information content (AvgIpc) is 3.53. The van der Waals surface area contributed by atoms with Gasteiger partial charge in [0.2, 0.25) is 0 Å². The molecular weight excluding hydrogens is 356 g/mol. The Labute approximate surface area is 174 Å². The zero-order valence-electron chi connectivity index (χ0n) is 17.8. The van der Waals surface area contributed by atoms with Crippen LogP contribution in [0.4, 0.5) is 0 Å². The molecule has 1 saturated carbocycles. The summed E-state index contributed by atoms with van der Waals surface area (Å²) in [5.41, 5.74) is 4.65. The summed E-state index contributed by atoms with van der Waals surface area (Å²) in [5, 5.41) is 4.78. The fraction of sp³-hybridized carbons (Fsp3) is 0.346. The Morgan fingerprint density at radius 3 is 2.93 bits per heavy atom. The summed E-state index contributed by atoms with van der Waals surface area (Å²) in [5.74, 6) is 1.93. The highest BCUT2D eigenvalue weighted by atomic mass is 16.5. The van der Waals surface area contributed by atoms with Crippen LogP contribution >= 0.6 is 0 Å². The molecule has 3 rings (SSSR count). The Balaban J connectivity index is 1.60. The first kappa shape index (κ1) is 20.9. The first-order valence-corrected chi connectivity index (χ1v) is 10.5. The smallest absolute Gasteiger partial charge is 0.0928 e. The van der Waals surface area contributed by atoms with Crippen molar-refractivity contribution in [1.82, 2.24) is 10.3 Å². The minimum atomic E-state index is 0.150.